The van der Waals surface area contributed by atoms with Crippen molar-refractivity contribution in [1.29, 1.82) is 0 Å². The second-order valence-corrected chi connectivity index (χ2v) is 6.91. The van der Waals surface area contributed by atoms with Crippen LogP contribution in [0.5, 0.6) is 0 Å². The molecule has 0 aliphatic heterocycles. The fourth-order valence-electron chi connectivity index (χ4n) is 1.42. The molecular formula is C12H18BrNO2S. The lowest BCUT2D eigenvalue weighted by atomic mass is 10.1. The van der Waals surface area contributed by atoms with Gasteiger partial charge in [-0.3, -0.25) is 0 Å². The quantitative estimate of drug-likeness (QED) is 0.876. The topological polar surface area (TPSA) is 46.2 Å². The summed E-state index contributed by atoms with van der Waals surface area (Å²) >= 11 is 3.38. The van der Waals surface area contributed by atoms with Crippen LogP contribution in [0.2, 0.25) is 0 Å². The molecule has 1 aromatic rings. The summed E-state index contributed by atoms with van der Waals surface area (Å²) in [6.07, 6.45) is 1.59. The fraction of sp³-hybridized carbons (Fsp3) is 0.500. The maximum absolute atomic E-state index is 11.6. The molecule has 1 aromatic carbocycles. The average Bonchev–Trinajstić information content (AvgIpc) is 2.28. The molecule has 0 amide bonds. The van der Waals surface area contributed by atoms with Crippen LogP contribution in [0, 0.1) is 6.92 Å². The van der Waals surface area contributed by atoms with Gasteiger partial charge in [0.1, 0.15) is 0 Å². The van der Waals surface area contributed by atoms with E-state index in [-0.39, 0.29) is 5.75 Å². The van der Waals surface area contributed by atoms with Crippen molar-refractivity contribution in [3.8, 4) is 0 Å². The van der Waals surface area contributed by atoms with Crippen LogP contribution < -0.4 is 4.72 Å². The minimum atomic E-state index is -3.14. The van der Waals surface area contributed by atoms with Crippen molar-refractivity contribution in [2.45, 2.75) is 33.2 Å². The number of halogens is 1. The average molecular weight is 320 g/mol. The van der Waals surface area contributed by atoms with Crippen molar-refractivity contribution < 1.29 is 8.42 Å². The van der Waals surface area contributed by atoms with E-state index in [0.29, 0.717) is 13.0 Å². The molecule has 0 aliphatic rings. The molecule has 96 valence electrons. The number of rotatable bonds is 6. The molecule has 0 bridgehead atoms. The van der Waals surface area contributed by atoms with Gasteiger partial charge < -0.3 is 0 Å². The standard InChI is InChI=1S/C12H18BrNO2S/c1-3-4-7-17(15,16)14-9-11-8-12(13)6-5-10(11)2/h5-6,8,14H,3-4,7,9H2,1-2H3. The van der Waals surface area contributed by atoms with E-state index in [2.05, 4.69) is 20.7 Å². The number of aryl methyl sites for hydroxylation is 1. The third-order valence-corrected chi connectivity index (χ3v) is 4.46. The summed E-state index contributed by atoms with van der Waals surface area (Å²) in [4.78, 5) is 0. The Morgan fingerprint density at radius 3 is 2.71 bits per heavy atom. The molecule has 0 aliphatic carbocycles. The van der Waals surface area contributed by atoms with Gasteiger partial charge in [0.2, 0.25) is 10.0 Å². The smallest absolute Gasteiger partial charge is 0.211 e. The second kappa shape index (κ2) is 6.52. The summed E-state index contributed by atoms with van der Waals surface area (Å²) in [6.45, 7) is 4.31. The first-order chi connectivity index (χ1) is 7.94. The molecule has 0 saturated carbocycles. The molecule has 0 saturated heterocycles. The zero-order chi connectivity index (χ0) is 12.9. The maximum Gasteiger partial charge on any atom is 0.211 e. The van der Waals surface area contributed by atoms with Crippen LogP contribution in [-0.2, 0) is 16.6 Å². The van der Waals surface area contributed by atoms with Crippen LogP contribution in [0.1, 0.15) is 30.9 Å². The summed E-state index contributed by atoms with van der Waals surface area (Å²) in [5, 5.41) is 0. The molecule has 0 heterocycles. The Hall–Kier alpha value is -0.390. The van der Waals surface area contributed by atoms with Crippen molar-refractivity contribution >= 4 is 26.0 Å². The number of unbranched alkanes of at least 4 members (excludes halogenated alkanes) is 1. The molecule has 0 fully saturated rings. The van der Waals surface area contributed by atoms with E-state index >= 15 is 0 Å². The van der Waals surface area contributed by atoms with Gasteiger partial charge in [-0.2, -0.15) is 0 Å². The minimum Gasteiger partial charge on any atom is -0.212 e. The highest BCUT2D eigenvalue weighted by molar-refractivity contribution is 9.10. The van der Waals surface area contributed by atoms with E-state index in [1.165, 1.54) is 0 Å². The van der Waals surface area contributed by atoms with Crippen molar-refractivity contribution in [2.24, 2.45) is 0 Å². The zero-order valence-electron chi connectivity index (χ0n) is 10.2. The van der Waals surface area contributed by atoms with Gasteiger partial charge in [-0.05, 0) is 36.6 Å². The fourth-order valence-corrected chi connectivity index (χ4v) is 3.02. The van der Waals surface area contributed by atoms with Crippen LogP contribution >= 0.6 is 15.9 Å². The van der Waals surface area contributed by atoms with E-state index in [1.807, 2.05) is 32.0 Å². The van der Waals surface area contributed by atoms with Crippen LogP contribution in [-0.4, -0.2) is 14.2 Å². The number of hydrogen-bond donors (Lipinski definition) is 1. The number of benzene rings is 1. The van der Waals surface area contributed by atoms with E-state index in [1.54, 1.807) is 0 Å². The van der Waals surface area contributed by atoms with Crippen molar-refractivity contribution in [3.05, 3.63) is 33.8 Å². The normalized spacial score (nSPS) is 11.7. The predicted molar refractivity (Wildman–Crippen MR) is 74.4 cm³/mol. The lowest BCUT2D eigenvalue weighted by molar-refractivity contribution is 0.578. The largest absolute Gasteiger partial charge is 0.212 e. The van der Waals surface area contributed by atoms with Crippen LogP contribution in [0.3, 0.4) is 0 Å². The third-order valence-electron chi connectivity index (χ3n) is 2.56. The first-order valence-electron chi connectivity index (χ1n) is 5.67. The van der Waals surface area contributed by atoms with E-state index < -0.39 is 10.0 Å². The van der Waals surface area contributed by atoms with Crippen molar-refractivity contribution in [1.82, 2.24) is 4.72 Å². The highest BCUT2D eigenvalue weighted by Crippen LogP contribution is 2.16. The highest BCUT2D eigenvalue weighted by Gasteiger charge is 2.09. The summed E-state index contributed by atoms with van der Waals surface area (Å²) in [5.41, 5.74) is 2.09. The third kappa shape index (κ3) is 5.19. The lowest BCUT2D eigenvalue weighted by Gasteiger charge is -2.09. The van der Waals surface area contributed by atoms with Gasteiger partial charge in [0.25, 0.3) is 0 Å². The van der Waals surface area contributed by atoms with Crippen LogP contribution in [0.4, 0.5) is 0 Å². The van der Waals surface area contributed by atoms with Gasteiger partial charge in [-0.25, -0.2) is 13.1 Å². The number of nitrogens with one attached hydrogen (secondary N) is 1. The van der Waals surface area contributed by atoms with E-state index in [0.717, 1.165) is 22.0 Å². The lowest BCUT2D eigenvalue weighted by Crippen LogP contribution is -2.26. The zero-order valence-corrected chi connectivity index (χ0v) is 12.6. The molecule has 5 heteroatoms. The molecule has 0 radical (unpaired) electrons. The molecule has 0 spiro atoms. The van der Waals surface area contributed by atoms with Crippen LogP contribution in [0.25, 0.3) is 0 Å². The van der Waals surface area contributed by atoms with Gasteiger partial charge in [0.15, 0.2) is 0 Å². The summed E-state index contributed by atoms with van der Waals surface area (Å²) in [5.74, 6) is 0.205. The second-order valence-electron chi connectivity index (χ2n) is 4.06. The van der Waals surface area contributed by atoms with Crippen molar-refractivity contribution in [3.63, 3.8) is 0 Å². The minimum absolute atomic E-state index is 0.205. The van der Waals surface area contributed by atoms with Gasteiger partial charge in [-0.15, -0.1) is 0 Å². The molecule has 0 aromatic heterocycles. The molecule has 0 unspecified atom stereocenters. The Labute approximate surface area is 112 Å². The first-order valence-corrected chi connectivity index (χ1v) is 8.11. The molecule has 17 heavy (non-hydrogen) atoms. The molecule has 3 nitrogen and oxygen atoms in total. The van der Waals surface area contributed by atoms with Crippen LogP contribution in [0.15, 0.2) is 22.7 Å². The molecule has 0 atom stereocenters. The monoisotopic (exact) mass is 319 g/mol. The summed E-state index contributed by atoms with van der Waals surface area (Å²) < 4.78 is 26.9. The van der Waals surface area contributed by atoms with Gasteiger partial charge in [-0.1, -0.05) is 35.3 Å². The first kappa shape index (κ1) is 14.7. The molecule has 1 N–H and O–H groups in total. The summed E-state index contributed by atoms with van der Waals surface area (Å²) in [6, 6.07) is 5.86. The SMILES string of the molecule is CCCCS(=O)(=O)NCc1cc(Br)ccc1C. The van der Waals surface area contributed by atoms with Gasteiger partial charge in [0, 0.05) is 11.0 Å². The maximum atomic E-state index is 11.6. The number of sulfonamides is 1. The molecule has 1 rings (SSSR count). The van der Waals surface area contributed by atoms with Gasteiger partial charge >= 0.3 is 0 Å². The Balaban J connectivity index is 2.64. The van der Waals surface area contributed by atoms with Gasteiger partial charge in [0.05, 0.1) is 5.75 Å². The Morgan fingerprint density at radius 1 is 1.35 bits per heavy atom. The Bertz CT molecular complexity index is 471. The highest BCUT2D eigenvalue weighted by atomic mass is 79.9. The summed E-state index contributed by atoms with van der Waals surface area (Å²) in [7, 11) is -3.14. The Kier molecular flexibility index (Phi) is 5.62. The number of hydrogen-bond acceptors (Lipinski definition) is 2. The Morgan fingerprint density at radius 2 is 2.06 bits per heavy atom. The van der Waals surface area contributed by atoms with E-state index in [4.69, 9.17) is 0 Å². The predicted octanol–water partition coefficient (Wildman–Crippen LogP) is 2.98. The van der Waals surface area contributed by atoms with Crippen molar-refractivity contribution in [2.75, 3.05) is 5.75 Å². The van der Waals surface area contributed by atoms with E-state index in [9.17, 15) is 8.42 Å². The molecular weight excluding hydrogens is 302 g/mol.